The summed E-state index contributed by atoms with van der Waals surface area (Å²) in [4.78, 5) is 6.96. The molecule has 0 atom stereocenters. The Labute approximate surface area is 162 Å². The van der Waals surface area contributed by atoms with Crippen LogP contribution in [0.4, 0.5) is 0 Å². The van der Waals surface area contributed by atoms with Crippen molar-refractivity contribution in [3.05, 3.63) is 47.9 Å². The minimum Gasteiger partial charge on any atom is -0.339 e. The molecule has 0 N–H and O–H groups in total. The number of rotatable bonds is 7. The third-order valence-corrected chi connectivity index (χ3v) is 5.94. The molecule has 2 aromatic heterocycles. The average molecular weight is 382 g/mol. The number of hydrogen-bond donors (Lipinski definition) is 0. The van der Waals surface area contributed by atoms with E-state index in [1.807, 2.05) is 18.2 Å². The van der Waals surface area contributed by atoms with Crippen molar-refractivity contribution < 1.29 is 4.52 Å². The molecule has 1 aliphatic heterocycles. The van der Waals surface area contributed by atoms with Crippen molar-refractivity contribution in [2.75, 3.05) is 13.1 Å². The van der Waals surface area contributed by atoms with E-state index in [2.05, 4.69) is 41.9 Å². The zero-order valence-corrected chi connectivity index (χ0v) is 15.9. The summed E-state index contributed by atoms with van der Waals surface area (Å²) in [6.45, 7) is 3.10. The van der Waals surface area contributed by atoms with Crippen molar-refractivity contribution in [3.8, 4) is 5.69 Å². The molecule has 1 saturated carbocycles. The van der Waals surface area contributed by atoms with Crippen LogP contribution in [0.2, 0.25) is 0 Å². The molecular weight excluding hydrogens is 360 g/mol. The molecular formula is C19H22N6OS. The van der Waals surface area contributed by atoms with Crippen molar-refractivity contribution in [2.45, 2.75) is 49.1 Å². The summed E-state index contributed by atoms with van der Waals surface area (Å²) in [6.07, 6.45) is 4.86. The maximum Gasteiger partial charge on any atom is 0.229 e. The Bertz CT molecular complexity index is 898. The van der Waals surface area contributed by atoms with Gasteiger partial charge < -0.3 is 4.52 Å². The standard InChI is InChI=1S/C19H22N6OS/c1-2-6-15(7-3-1)25-17(12-24-10-4-5-11-24)21-22-19(25)27-13-16-20-18(26-23-16)14-8-9-14/h1-3,6-7,14H,4-5,8-13H2. The van der Waals surface area contributed by atoms with Gasteiger partial charge in [0.2, 0.25) is 5.89 Å². The smallest absolute Gasteiger partial charge is 0.229 e. The highest BCUT2D eigenvalue weighted by atomic mass is 32.2. The molecule has 27 heavy (non-hydrogen) atoms. The molecule has 1 aromatic carbocycles. The third-order valence-electron chi connectivity index (χ3n) is 5.02. The van der Waals surface area contributed by atoms with Crippen molar-refractivity contribution in [1.29, 1.82) is 0 Å². The first kappa shape index (κ1) is 16.9. The molecule has 5 rings (SSSR count). The molecule has 140 valence electrons. The molecule has 7 nitrogen and oxygen atoms in total. The first-order valence-electron chi connectivity index (χ1n) is 9.54. The lowest BCUT2D eigenvalue weighted by atomic mass is 10.3. The molecule has 0 unspecified atom stereocenters. The molecule has 8 heteroatoms. The van der Waals surface area contributed by atoms with Crippen molar-refractivity contribution >= 4 is 11.8 Å². The lowest BCUT2D eigenvalue weighted by molar-refractivity contribution is 0.319. The second kappa shape index (κ2) is 7.44. The minimum absolute atomic E-state index is 0.483. The predicted octanol–water partition coefficient (Wildman–Crippen LogP) is 3.42. The Hall–Kier alpha value is -2.19. The predicted molar refractivity (Wildman–Crippen MR) is 102 cm³/mol. The van der Waals surface area contributed by atoms with E-state index in [9.17, 15) is 0 Å². The summed E-state index contributed by atoms with van der Waals surface area (Å²) in [6, 6.07) is 10.3. The van der Waals surface area contributed by atoms with Gasteiger partial charge in [0.1, 0.15) is 0 Å². The fraction of sp³-hybridized carbons (Fsp3) is 0.474. The summed E-state index contributed by atoms with van der Waals surface area (Å²) >= 11 is 1.61. The maximum atomic E-state index is 5.36. The van der Waals surface area contributed by atoms with Crippen LogP contribution in [0.15, 0.2) is 40.0 Å². The SMILES string of the molecule is c1ccc(-n2c(CN3CCCC3)nnc2SCc2noc(C3CC3)n2)cc1. The normalized spacial score (nSPS) is 17.6. The third kappa shape index (κ3) is 3.77. The number of aromatic nitrogens is 5. The Morgan fingerprint density at radius 2 is 1.89 bits per heavy atom. The highest BCUT2D eigenvalue weighted by Crippen LogP contribution is 2.39. The Morgan fingerprint density at radius 3 is 2.67 bits per heavy atom. The van der Waals surface area contributed by atoms with Gasteiger partial charge in [-0.2, -0.15) is 4.98 Å². The number of likely N-dealkylation sites (tertiary alicyclic amines) is 1. The minimum atomic E-state index is 0.483. The molecule has 2 fully saturated rings. The van der Waals surface area contributed by atoms with Gasteiger partial charge in [-0.25, -0.2) is 0 Å². The topological polar surface area (TPSA) is 72.9 Å². The zero-order valence-electron chi connectivity index (χ0n) is 15.1. The summed E-state index contributed by atoms with van der Waals surface area (Å²) < 4.78 is 7.52. The fourth-order valence-electron chi connectivity index (χ4n) is 3.42. The van der Waals surface area contributed by atoms with E-state index in [-0.39, 0.29) is 0 Å². The molecule has 0 amide bonds. The molecule has 0 spiro atoms. The van der Waals surface area contributed by atoms with Gasteiger partial charge in [-0.1, -0.05) is 35.1 Å². The van der Waals surface area contributed by atoms with Gasteiger partial charge in [0, 0.05) is 11.6 Å². The number of nitrogens with zero attached hydrogens (tertiary/aromatic N) is 6. The van der Waals surface area contributed by atoms with Gasteiger partial charge in [0.05, 0.1) is 12.3 Å². The van der Waals surface area contributed by atoms with E-state index in [0.29, 0.717) is 11.7 Å². The Balaban J connectivity index is 1.37. The molecule has 1 aliphatic carbocycles. The van der Waals surface area contributed by atoms with Gasteiger partial charge in [-0.05, 0) is 50.9 Å². The van der Waals surface area contributed by atoms with Gasteiger partial charge in [0.15, 0.2) is 16.8 Å². The number of benzene rings is 1. The maximum absolute atomic E-state index is 5.36. The van der Waals surface area contributed by atoms with Crippen LogP contribution >= 0.6 is 11.8 Å². The van der Waals surface area contributed by atoms with Crippen molar-refractivity contribution in [2.24, 2.45) is 0 Å². The van der Waals surface area contributed by atoms with Crippen LogP contribution in [0.5, 0.6) is 0 Å². The monoisotopic (exact) mass is 382 g/mol. The molecule has 1 saturated heterocycles. The first-order valence-corrected chi connectivity index (χ1v) is 10.5. The zero-order chi connectivity index (χ0) is 18.1. The number of thioether (sulfide) groups is 1. The van der Waals surface area contributed by atoms with Crippen LogP contribution in [0.1, 0.15) is 49.1 Å². The summed E-state index contributed by atoms with van der Waals surface area (Å²) in [5, 5.41) is 13.9. The van der Waals surface area contributed by atoms with E-state index in [4.69, 9.17) is 4.52 Å². The lowest BCUT2D eigenvalue weighted by Crippen LogP contribution is -2.21. The van der Waals surface area contributed by atoms with Gasteiger partial charge in [-0.3, -0.25) is 9.47 Å². The Morgan fingerprint density at radius 1 is 1.07 bits per heavy atom. The summed E-state index contributed by atoms with van der Waals surface area (Å²) in [5.74, 6) is 3.61. The highest BCUT2D eigenvalue weighted by molar-refractivity contribution is 7.98. The van der Waals surface area contributed by atoms with Crippen LogP contribution in [-0.2, 0) is 12.3 Å². The van der Waals surface area contributed by atoms with Crippen LogP contribution in [0.25, 0.3) is 5.69 Å². The summed E-state index contributed by atoms with van der Waals surface area (Å²) in [5.41, 5.74) is 1.09. The van der Waals surface area contributed by atoms with Crippen LogP contribution in [0.3, 0.4) is 0 Å². The fourth-order valence-corrected chi connectivity index (χ4v) is 4.24. The highest BCUT2D eigenvalue weighted by Gasteiger charge is 2.29. The van der Waals surface area contributed by atoms with E-state index >= 15 is 0 Å². The van der Waals surface area contributed by atoms with Gasteiger partial charge in [-0.15, -0.1) is 10.2 Å². The van der Waals surface area contributed by atoms with E-state index in [0.717, 1.165) is 60.9 Å². The number of para-hydroxylation sites is 1. The quantitative estimate of drug-likeness (QED) is 0.580. The van der Waals surface area contributed by atoms with Gasteiger partial charge in [0.25, 0.3) is 0 Å². The van der Waals surface area contributed by atoms with Gasteiger partial charge >= 0.3 is 0 Å². The van der Waals surface area contributed by atoms with E-state index in [1.54, 1.807) is 11.8 Å². The second-order valence-corrected chi connectivity index (χ2v) is 8.11. The first-order chi connectivity index (χ1) is 13.4. The van der Waals surface area contributed by atoms with E-state index in [1.165, 1.54) is 12.8 Å². The Kier molecular flexibility index (Phi) is 4.67. The van der Waals surface area contributed by atoms with E-state index < -0.39 is 0 Å². The average Bonchev–Trinajstić information content (AvgIpc) is 3.10. The summed E-state index contributed by atoms with van der Waals surface area (Å²) in [7, 11) is 0. The van der Waals surface area contributed by atoms with Crippen LogP contribution < -0.4 is 0 Å². The van der Waals surface area contributed by atoms with Crippen LogP contribution in [-0.4, -0.2) is 42.9 Å². The number of hydrogen-bond acceptors (Lipinski definition) is 7. The second-order valence-electron chi connectivity index (χ2n) is 7.16. The molecule has 2 aliphatic rings. The molecule has 0 bridgehead atoms. The lowest BCUT2D eigenvalue weighted by Gasteiger charge is -2.15. The van der Waals surface area contributed by atoms with Crippen molar-refractivity contribution in [1.82, 2.24) is 29.8 Å². The molecule has 0 radical (unpaired) electrons. The van der Waals surface area contributed by atoms with Crippen molar-refractivity contribution in [3.63, 3.8) is 0 Å². The van der Waals surface area contributed by atoms with Crippen LogP contribution in [0, 0.1) is 0 Å². The molecule has 3 aromatic rings. The largest absolute Gasteiger partial charge is 0.339 e. The molecule has 3 heterocycles.